The Hall–Kier alpha value is -0.970. The Labute approximate surface area is 99.6 Å². The highest BCUT2D eigenvalue weighted by Gasteiger charge is 2.19. The van der Waals surface area contributed by atoms with E-state index in [1.807, 2.05) is 0 Å². The SMILES string of the molecule is COc1c(Cl)cc(C)c(C(N)CCO)c1O. The summed E-state index contributed by atoms with van der Waals surface area (Å²) in [6.45, 7) is 1.77. The van der Waals surface area contributed by atoms with Gasteiger partial charge in [0, 0.05) is 18.2 Å². The van der Waals surface area contributed by atoms with Crippen molar-refractivity contribution in [2.75, 3.05) is 13.7 Å². The molecule has 0 amide bonds. The monoisotopic (exact) mass is 245 g/mol. The first-order valence-corrected chi connectivity index (χ1v) is 5.33. The lowest BCUT2D eigenvalue weighted by atomic mass is 9.98. The normalized spacial score (nSPS) is 12.6. The van der Waals surface area contributed by atoms with E-state index in [1.165, 1.54) is 7.11 Å². The van der Waals surface area contributed by atoms with Crippen molar-refractivity contribution in [1.29, 1.82) is 0 Å². The molecule has 0 heterocycles. The van der Waals surface area contributed by atoms with Gasteiger partial charge in [0.05, 0.1) is 12.1 Å². The highest BCUT2D eigenvalue weighted by atomic mass is 35.5. The van der Waals surface area contributed by atoms with E-state index < -0.39 is 6.04 Å². The van der Waals surface area contributed by atoms with Crippen molar-refractivity contribution < 1.29 is 14.9 Å². The molecule has 1 aromatic rings. The van der Waals surface area contributed by atoms with Crippen LogP contribution in [0.1, 0.15) is 23.6 Å². The average Bonchev–Trinajstić information content (AvgIpc) is 2.17. The van der Waals surface area contributed by atoms with Crippen LogP contribution in [0.15, 0.2) is 6.07 Å². The molecular weight excluding hydrogens is 230 g/mol. The molecule has 90 valence electrons. The minimum absolute atomic E-state index is 0.0367. The molecule has 0 radical (unpaired) electrons. The number of halogens is 1. The Balaban J connectivity index is 3.27. The van der Waals surface area contributed by atoms with E-state index in [0.29, 0.717) is 17.0 Å². The third kappa shape index (κ3) is 2.40. The Morgan fingerprint density at radius 2 is 2.19 bits per heavy atom. The fourth-order valence-corrected chi connectivity index (χ4v) is 2.03. The predicted octanol–water partition coefficient (Wildman–Crippen LogP) is 1.74. The molecule has 0 aliphatic rings. The van der Waals surface area contributed by atoms with Gasteiger partial charge in [-0.15, -0.1) is 0 Å². The van der Waals surface area contributed by atoms with Crippen molar-refractivity contribution in [2.24, 2.45) is 5.73 Å². The van der Waals surface area contributed by atoms with Gasteiger partial charge < -0.3 is 20.7 Å². The van der Waals surface area contributed by atoms with Crippen LogP contribution in [-0.2, 0) is 0 Å². The van der Waals surface area contributed by atoms with Crippen LogP contribution < -0.4 is 10.5 Å². The largest absolute Gasteiger partial charge is 0.504 e. The summed E-state index contributed by atoms with van der Waals surface area (Å²) in [4.78, 5) is 0. The van der Waals surface area contributed by atoms with E-state index in [9.17, 15) is 5.11 Å². The van der Waals surface area contributed by atoms with Crippen LogP contribution in [0.2, 0.25) is 5.02 Å². The van der Waals surface area contributed by atoms with Gasteiger partial charge in [0.25, 0.3) is 0 Å². The van der Waals surface area contributed by atoms with Gasteiger partial charge in [-0.3, -0.25) is 0 Å². The third-order valence-electron chi connectivity index (χ3n) is 2.47. The Bertz CT molecular complexity index is 382. The summed E-state index contributed by atoms with van der Waals surface area (Å²) in [6, 6.07) is 1.25. The molecule has 16 heavy (non-hydrogen) atoms. The Morgan fingerprint density at radius 3 is 2.69 bits per heavy atom. The van der Waals surface area contributed by atoms with Gasteiger partial charge in [0.15, 0.2) is 11.5 Å². The highest BCUT2D eigenvalue weighted by molar-refractivity contribution is 6.32. The van der Waals surface area contributed by atoms with E-state index in [4.69, 9.17) is 27.2 Å². The van der Waals surface area contributed by atoms with Crippen LogP contribution in [0.3, 0.4) is 0 Å². The summed E-state index contributed by atoms with van der Waals surface area (Å²) in [5, 5.41) is 19.2. The van der Waals surface area contributed by atoms with Gasteiger partial charge in [-0.25, -0.2) is 0 Å². The number of phenols is 1. The molecule has 0 aliphatic carbocycles. The molecule has 1 atom stereocenters. The maximum Gasteiger partial charge on any atom is 0.179 e. The number of rotatable bonds is 4. The predicted molar refractivity (Wildman–Crippen MR) is 63.0 cm³/mol. The lowest BCUT2D eigenvalue weighted by molar-refractivity contribution is 0.274. The second-order valence-electron chi connectivity index (χ2n) is 3.59. The van der Waals surface area contributed by atoms with E-state index in [0.717, 1.165) is 5.56 Å². The van der Waals surface area contributed by atoms with Gasteiger partial charge in [0.1, 0.15) is 0 Å². The minimum atomic E-state index is -0.434. The molecule has 0 bridgehead atoms. The molecule has 4 N–H and O–H groups in total. The second-order valence-corrected chi connectivity index (χ2v) is 4.00. The van der Waals surface area contributed by atoms with Crippen molar-refractivity contribution in [1.82, 2.24) is 0 Å². The summed E-state index contributed by atoms with van der Waals surface area (Å²) in [6.07, 6.45) is 0.374. The maximum atomic E-state index is 9.98. The second kappa shape index (κ2) is 5.39. The van der Waals surface area contributed by atoms with E-state index in [1.54, 1.807) is 13.0 Å². The highest BCUT2D eigenvalue weighted by Crippen LogP contribution is 2.41. The average molecular weight is 246 g/mol. The van der Waals surface area contributed by atoms with E-state index >= 15 is 0 Å². The van der Waals surface area contributed by atoms with Crippen molar-refractivity contribution in [3.05, 3.63) is 22.2 Å². The lowest BCUT2D eigenvalue weighted by Gasteiger charge is -2.18. The fraction of sp³-hybridized carbons (Fsp3) is 0.455. The molecule has 1 aromatic carbocycles. The Kier molecular flexibility index (Phi) is 4.41. The quantitative estimate of drug-likeness (QED) is 0.755. The number of nitrogens with two attached hydrogens (primary N) is 1. The summed E-state index contributed by atoms with van der Waals surface area (Å²) in [5.41, 5.74) is 7.21. The van der Waals surface area contributed by atoms with E-state index in [-0.39, 0.29) is 18.1 Å². The standard InChI is InChI=1S/C11H16ClNO3/c1-6-5-7(12)11(16-2)10(15)9(6)8(13)3-4-14/h5,8,14-15H,3-4,13H2,1-2H3. The molecule has 0 saturated heterocycles. The van der Waals surface area contributed by atoms with Crippen LogP contribution in [0.4, 0.5) is 0 Å². The molecule has 0 saturated carbocycles. The number of aliphatic hydroxyl groups excluding tert-OH is 1. The molecule has 0 spiro atoms. The third-order valence-corrected chi connectivity index (χ3v) is 2.75. The fourth-order valence-electron chi connectivity index (χ4n) is 1.70. The van der Waals surface area contributed by atoms with Crippen LogP contribution in [-0.4, -0.2) is 23.9 Å². The molecule has 0 aliphatic heterocycles. The number of aliphatic hydroxyl groups is 1. The van der Waals surface area contributed by atoms with Crippen molar-refractivity contribution in [3.63, 3.8) is 0 Å². The van der Waals surface area contributed by atoms with Crippen molar-refractivity contribution in [2.45, 2.75) is 19.4 Å². The number of methoxy groups -OCH3 is 1. The zero-order chi connectivity index (χ0) is 12.3. The lowest BCUT2D eigenvalue weighted by Crippen LogP contribution is -2.14. The molecular formula is C11H16ClNO3. The van der Waals surface area contributed by atoms with Gasteiger partial charge >= 0.3 is 0 Å². The van der Waals surface area contributed by atoms with Gasteiger partial charge in [-0.05, 0) is 25.0 Å². The summed E-state index contributed by atoms with van der Waals surface area (Å²) >= 11 is 5.91. The zero-order valence-corrected chi connectivity index (χ0v) is 10.1. The first kappa shape index (κ1) is 13.1. The molecule has 0 fully saturated rings. The number of aromatic hydroxyl groups is 1. The van der Waals surface area contributed by atoms with E-state index in [2.05, 4.69) is 0 Å². The van der Waals surface area contributed by atoms with Crippen molar-refractivity contribution in [3.8, 4) is 11.5 Å². The summed E-state index contributed by atoms with van der Waals surface area (Å²) in [5.74, 6) is 0.170. The zero-order valence-electron chi connectivity index (χ0n) is 9.33. The topological polar surface area (TPSA) is 75.7 Å². The van der Waals surface area contributed by atoms with Crippen LogP contribution >= 0.6 is 11.6 Å². The number of benzene rings is 1. The number of phenolic OH excluding ortho intramolecular Hbond substituents is 1. The van der Waals surface area contributed by atoms with Crippen LogP contribution in [0.5, 0.6) is 11.5 Å². The smallest absolute Gasteiger partial charge is 0.179 e. The molecule has 1 unspecified atom stereocenters. The first-order chi connectivity index (χ1) is 7.52. The number of hydrogen-bond acceptors (Lipinski definition) is 4. The van der Waals surface area contributed by atoms with Gasteiger partial charge in [0.2, 0.25) is 0 Å². The first-order valence-electron chi connectivity index (χ1n) is 4.95. The number of aryl methyl sites for hydroxylation is 1. The minimum Gasteiger partial charge on any atom is -0.504 e. The van der Waals surface area contributed by atoms with Crippen LogP contribution in [0, 0.1) is 6.92 Å². The van der Waals surface area contributed by atoms with Crippen LogP contribution in [0.25, 0.3) is 0 Å². The summed E-state index contributed by atoms with van der Waals surface area (Å²) < 4.78 is 5.00. The number of ether oxygens (including phenoxy) is 1. The van der Waals surface area contributed by atoms with Gasteiger partial charge in [-0.1, -0.05) is 11.6 Å². The molecule has 1 rings (SSSR count). The van der Waals surface area contributed by atoms with Crippen molar-refractivity contribution >= 4 is 11.6 Å². The number of hydrogen-bond donors (Lipinski definition) is 3. The summed E-state index contributed by atoms with van der Waals surface area (Å²) in [7, 11) is 1.43. The molecule has 0 aromatic heterocycles. The maximum absolute atomic E-state index is 9.98. The molecule has 4 nitrogen and oxygen atoms in total. The van der Waals surface area contributed by atoms with Gasteiger partial charge in [-0.2, -0.15) is 0 Å². The molecule has 5 heteroatoms. The Morgan fingerprint density at radius 1 is 1.56 bits per heavy atom.